The third-order valence-electron chi connectivity index (χ3n) is 3.47. The zero-order valence-electron chi connectivity index (χ0n) is 10.7. The fourth-order valence-corrected chi connectivity index (χ4v) is 2.37. The molecule has 2 N–H and O–H groups in total. The van der Waals surface area contributed by atoms with Crippen molar-refractivity contribution in [2.75, 3.05) is 6.54 Å². The number of carbonyl (C=O) groups is 1. The Bertz CT molecular complexity index is 535. The van der Waals surface area contributed by atoms with Gasteiger partial charge >= 0.3 is 5.69 Å². The van der Waals surface area contributed by atoms with Crippen molar-refractivity contribution in [2.45, 2.75) is 25.4 Å². The quantitative estimate of drug-likeness (QED) is 0.648. The average Bonchev–Trinajstić information content (AvgIpc) is 2.81. The van der Waals surface area contributed by atoms with E-state index in [1.54, 1.807) is 0 Å². The van der Waals surface area contributed by atoms with Crippen LogP contribution in [0.25, 0.3) is 0 Å². The van der Waals surface area contributed by atoms with Crippen LogP contribution < -0.4 is 5.32 Å². The van der Waals surface area contributed by atoms with E-state index >= 15 is 0 Å². The van der Waals surface area contributed by atoms with Gasteiger partial charge in [-0.3, -0.25) is 14.9 Å². The number of carbonyl (C=O) groups excluding carboxylic acids is 1. The maximum absolute atomic E-state index is 13.4. The maximum Gasteiger partial charge on any atom is 0.304 e. The summed E-state index contributed by atoms with van der Waals surface area (Å²) in [5, 5.41) is 22.5. The van der Waals surface area contributed by atoms with E-state index in [0.29, 0.717) is 13.0 Å². The van der Waals surface area contributed by atoms with Gasteiger partial charge in [-0.1, -0.05) is 0 Å². The summed E-state index contributed by atoms with van der Waals surface area (Å²) < 4.78 is 13.4. The van der Waals surface area contributed by atoms with E-state index in [2.05, 4.69) is 5.32 Å². The average molecular weight is 282 g/mol. The van der Waals surface area contributed by atoms with Gasteiger partial charge in [0.15, 0.2) is 0 Å². The molecule has 2 unspecified atom stereocenters. The summed E-state index contributed by atoms with van der Waals surface area (Å²) in [6.07, 6.45) is 1.91. The Hall–Kier alpha value is -2.02. The molecule has 1 amide bonds. The second kappa shape index (κ2) is 5.96. The summed E-state index contributed by atoms with van der Waals surface area (Å²) >= 11 is 0. The van der Waals surface area contributed by atoms with E-state index in [4.69, 9.17) is 0 Å². The first-order chi connectivity index (χ1) is 9.47. The molecule has 1 fully saturated rings. The Labute approximate surface area is 114 Å². The number of rotatable bonds is 4. The molecule has 1 saturated carbocycles. The van der Waals surface area contributed by atoms with Crippen LogP contribution in [0.3, 0.4) is 0 Å². The largest absolute Gasteiger partial charge is 0.393 e. The summed E-state index contributed by atoms with van der Waals surface area (Å²) in [4.78, 5) is 21.4. The summed E-state index contributed by atoms with van der Waals surface area (Å²) in [6.45, 7) is 0.411. The van der Waals surface area contributed by atoms with Crippen LogP contribution in [0.4, 0.5) is 10.1 Å². The first-order valence-electron chi connectivity index (χ1n) is 6.37. The third-order valence-corrected chi connectivity index (χ3v) is 3.47. The Kier molecular flexibility index (Phi) is 4.29. The zero-order valence-corrected chi connectivity index (χ0v) is 10.7. The molecule has 0 aliphatic heterocycles. The minimum absolute atomic E-state index is 0.0478. The molecule has 2 atom stereocenters. The fraction of sp³-hybridized carbons (Fsp3) is 0.462. The maximum atomic E-state index is 13.4. The molecule has 1 aromatic rings. The Morgan fingerprint density at radius 1 is 1.50 bits per heavy atom. The second-order valence-electron chi connectivity index (χ2n) is 4.97. The second-order valence-corrected chi connectivity index (χ2v) is 4.97. The molecule has 108 valence electrons. The number of benzene rings is 1. The van der Waals surface area contributed by atoms with Gasteiger partial charge in [-0.15, -0.1) is 0 Å². The van der Waals surface area contributed by atoms with Gasteiger partial charge < -0.3 is 10.4 Å². The molecule has 0 radical (unpaired) electrons. The predicted molar refractivity (Wildman–Crippen MR) is 68.7 cm³/mol. The molecule has 20 heavy (non-hydrogen) atoms. The van der Waals surface area contributed by atoms with Gasteiger partial charge in [0, 0.05) is 18.2 Å². The summed E-state index contributed by atoms with van der Waals surface area (Å²) in [5.41, 5.74) is -0.605. The summed E-state index contributed by atoms with van der Waals surface area (Å²) in [7, 11) is 0. The molecule has 0 heterocycles. The molecule has 0 saturated heterocycles. The normalized spacial score (nSPS) is 21.7. The Morgan fingerprint density at radius 2 is 2.25 bits per heavy atom. The smallest absolute Gasteiger partial charge is 0.304 e. The van der Waals surface area contributed by atoms with E-state index in [9.17, 15) is 24.4 Å². The van der Waals surface area contributed by atoms with Crippen molar-refractivity contribution in [3.05, 3.63) is 39.7 Å². The molecule has 2 rings (SSSR count). The van der Waals surface area contributed by atoms with Crippen molar-refractivity contribution < 1.29 is 19.2 Å². The molecular formula is C13H15FN2O4. The van der Waals surface area contributed by atoms with E-state index in [1.165, 1.54) is 6.07 Å². The van der Waals surface area contributed by atoms with E-state index < -0.39 is 22.3 Å². The number of nitrogens with one attached hydrogen (secondary N) is 1. The van der Waals surface area contributed by atoms with Crippen LogP contribution in [0.2, 0.25) is 0 Å². The van der Waals surface area contributed by atoms with Crippen molar-refractivity contribution in [3.63, 3.8) is 0 Å². The van der Waals surface area contributed by atoms with Crippen LogP contribution in [0.1, 0.15) is 29.6 Å². The van der Waals surface area contributed by atoms with Crippen LogP contribution in [0.15, 0.2) is 18.2 Å². The molecule has 1 aromatic carbocycles. The van der Waals surface area contributed by atoms with E-state index in [-0.39, 0.29) is 17.6 Å². The molecule has 0 aromatic heterocycles. The van der Waals surface area contributed by atoms with Crippen LogP contribution >= 0.6 is 0 Å². The number of halogens is 1. The standard InChI is InChI=1S/C13H15FN2O4/c14-11-6-9(2-4-12(11)16(19)20)13(18)15-7-8-1-3-10(17)5-8/h2,4,6,8,10,17H,1,3,5,7H2,(H,15,18). The van der Waals surface area contributed by atoms with E-state index in [0.717, 1.165) is 25.0 Å². The van der Waals surface area contributed by atoms with Crippen molar-refractivity contribution in [3.8, 4) is 0 Å². The zero-order chi connectivity index (χ0) is 14.7. The number of hydrogen-bond acceptors (Lipinski definition) is 4. The van der Waals surface area contributed by atoms with Crippen LogP contribution in [-0.4, -0.2) is 28.6 Å². The van der Waals surface area contributed by atoms with Gasteiger partial charge in [0.2, 0.25) is 5.82 Å². The van der Waals surface area contributed by atoms with E-state index in [1.807, 2.05) is 0 Å². The number of aliphatic hydroxyl groups excluding tert-OH is 1. The number of nitrogens with zero attached hydrogens (tertiary/aromatic N) is 1. The number of nitro groups is 1. The lowest BCUT2D eigenvalue weighted by Crippen LogP contribution is -2.28. The van der Waals surface area contributed by atoms with Gasteiger partial charge in [0.25, 0.3) is 5.91 Å². The van der Waals surface area contributed by atoms with Gasteiger partial charge in [0.05, 0.1) is 11.0 Å². The third kappa shape index (κ3) is 3.30. The lowest BCUT2D eigenvalue weighted by Gasteiger charge is -2.10. The van der Waals surface area contributed by atoms with Gasteiger partial charge in [-0.25, -0.2) is 0 Å². The number of hydrogen-bond donors (Lipinski definition) is 2. The molecule has 6 nitrogen and oxygen atoms in total. The van der Waals surface area contributed by atoms with Crippen molar-refractivity contribution in [2.24, 2.45) is 5.92 Å². The summed E-state index contributed by atoms with van der Waals surface area (Å²) in [5.74, 6) is -1.28. The minimum Gasteiger partial charge on any atom is -0.393 e. The Balaban J connectivity index is 1.95. The summed E-state index contributed by atoms with van der Waals surface area (Å²) in [6, 6.07) is 3.06. The van der Waals surface area contributed by atoms with Crippen LogP contribution in [-0.2, 0) is 0 Å². The fourth-order valence-electron chi connectivity index (χ4n) is 2.37. The molecule has 1 aliphatic rings. The molecular weight excluding hydrogens is 267 g/mol. The first-order valence-corrected chi connectivity index (χ1v) is 6.37. The highest BCUT2D eigenvalue weighted by molar-refractivity contribution is 5.94. The number of amides is 1. The highest BCUT2D eigenvalue weighted by Gasteiger charge is 2.23. The number of aliphatic hydroxyl groups is 1. The van der Waals surface area contributed by atoms with Crippen molar-refractivity contribution in [1.29, 1.82) is 0 Å². The lowest BCUT2D eigenvalue weighted by molar-refractivity contribution is -0.387. The first kappa shape index (κ1) is 14.4. The Morgan fingerprint density at radius 3 is 2.80 bits per heavy atom. The molecule has 7 heteroatoms. The highest BCUT2D eigenvalue weighted by atomic mass is 19.1. The number of nitro benzene ring substituents is 1. The molecule has 0 bridgehead atoms. The van der Waals surface area contributed by atoms with Gasteiger partial charge in [0.1, 0.15) is 0 Å². The van der Waals surface area contributed by atoms with Crippen LogP contribution in [0, 0.1) is 21.8 Å². The van der Waals surface area contributed by atoms with Gasteiger partial charge in [-0.05, 0) is 37.3 Å². The molecule has 0 spiro atoms. The lowest BCUT2D eigenvalue weighted by atomic mass is 10.1. The monoisotopic (exact) mass is 282 g/mol. The SMILES string of the molecule is O=C(NCC1CCC(O)C1)c1ccc([N+](=O)[O-])c(F)c1. The minimum atomic E-state index is -1.03. The predicted octanol–water partition coefficient (Wildman–Crippen LogP) is 1.62. The van der Waals surface area contributed by atoms with Crippen LogP contribution in [0.5, 0.6) is 0 Å². The highest BCUT2D eigenvalue weighted by Crippen LogP contribution is 2.24. The van der Waals surface area contributed by atoms with Crippen molar-refractivity contribution in [1.82, 2.24) is 5.32 Å². The molecule has 1 aliphatic carbocycles. The van der Waals surface area contributed by atoms with Crippen molar-refractivity contribution >= 4 is 11.6 Å². The van der Waals surface area contributed by atoms with Gasteiger partial charge in [-0.2, -0.15) is 4.39 Å². The topological polar surface area (TPSA) is 92.5 Å².